The fourth-order valence-electron chi connectivity index (χ4n) is 2.98. The molecule has 10 nitrogen and oxygen atoms in total. The third kappa shape index (κ3) is 5.04. The molecular weight excluding hydrogens is 404 g/mol. The van der Waals surface area contributed by atoms with E-state index in [1.807, 2.05) is 67.2 Å². The van der Waals surface area contributed by atoms with E-state index in [9.17, 15) is 0 Å². The van der Waals surface area contributed by atoms with Crippen LogP contribution in [0.2, 0.25) is 0 Å². The van der Waals surface area contributed by atoms with Gasteiger partial charge in [0.2, 0.25) is 17.8 Å². The van der Waals surface area contributed by atoms with Crippen LogP contribution in [0.25, 0.3) is 16.9 Å². The largest absolute Gasteiger partial charge is 0.354 e. The Balaban J connectivity index is 1.63. The molecule has 0 spiro atoms. The van der Waals surface area contributed by atoms with Crippen molar-refractivity contribution in [1.82, 2.24) is 29.7 Å². The molecule has 0 aliphatic heterocycles. The van der Waals surface area contributed by atoms with E-state index in [0.717, 1.165) is 22.5 Å². The Kier molecular flexibility index (Phi) is 6.61. The standard InChI is InChI=1S/C22H24N10/c1-3-24-20-27-21(25-4-2)29-22(28-20)30-26-14-17-15-32(18-10-6-5-7-11-18)31-19(17)16-9-8-12-23-13-16/h5-15H,3-4H2,1-2H3,(H3,24,25,27,28,29,30)/b26-14+. The molecule has 4 aromatic rings. The summed E-state index contributed by atoms with van der Waals surface area (Å²) in [6.45, 7) is 5.36. The van der Waals surface area contributed by atoms with Gasteiger partial charge in [-0.2, -0.15) is 25.2 Å². The average Bonchev–Trinajstić information content (AvgIpc) is 3.25. The maximum Gasteiger partial charge on any atom is 0.250 e. The van der Waals surface area contributed by atoms with Crippen LogP contribution < -0.4 is 16.1 Å². The summed E-state index contributed by atoms with van der Waals surface area (Å²) in [6.07, 6.45) is 7.13. The molecular formula is C22H24N10. The Hall–Kier alpha value is -4.34. The lowest BCUT2D eigenvalue weighted by Gasteiger charge is -2.07. The fraction of sp³-hybridized carbons (Fsp3) is 0.182. The topological polar surface area (TPSA) is 118 Å². The number of benzene rings is 1. The number of nitrogens with one attached hydrogen (secondary N) is 3. The van der Waals surface area contributed by atoms with Crippen LogP contribution in [-0.4, -0.2) is 49.0 Å². The molecule has 4 rings (SSSR count). The van der Waals surface area contributed by atoms with Crippen molar-refractivity contribution in [1.29, 1.82) is 0 Å². The lowest BCUT2D eigenvalue weighted by molar-refractivity contribution is 0.884. The number of para-hydroxylation sites is 1. The molecule has 3 aromatic heterocycles. The van der Waals surface area contributed by atoms with Gasteiger partial charge in [-0.3, -0.25) is 4.98 Å². The van der Waals surface area contributed by atoms with Gasteiger partial charge in [-0.15, -0.1) is 0 Å². The van der Waals surface area contributed by atoms with Gasteiger partial charge < -0.3 is 10.6 Å². The Morgan fingerprint density at radius 1 is 0.906 bits per heavy atom. The number of pyridine rings is 1. The highest BCUT2D eigenvalue weighted by atomic mass is 15.4. The van der Waals surface area contributed by atoms with E-state index in [-0.39, 0.29) is 0 Å². The van der Waals surface area contributed by atoms with Crippen molar-refractivity contribution in [2.24, 2.45) is 5.10 Å². The van der Waals surface area contributed by atoms with E-state index in [2.05, 4.69) is 41.1 Å². The average molecular weight is 429 g/mol. The Labute approximate surface area is 185 Å². The number of rotatable bonds is 9. The summed E-state index contributed by atoms with van der Waals surface area (Å²) in [5.41, 5.74) is 6.33. The second kappa shape index (κ2) is 10.1. The van der Waals surface area contributed by atoms with E-state index in [0.29, 0.717) is 30.9 Å². The monoisotopic (exact) mass is 428 g/mol. The van der Waals surface area contributed by atoms with Gasteiger partial charge >= 0.3 is 0 Å². The third-order valence-corrected chi connectivity index (χ3v) is 4.37. The highest BCUT2D eigenvalue weighted by molar-refractivity contribution is 5.88. The summed E-state index contributed by atoms with van der Waals surface area (Å²) in [5, 5.41) is 15.3. The zero-order valence-electron chi connectivity index (χ0n) is 17.9. The van der Waals surface area contributed by atoms with Gasteiger partial charge in [-0.1, -0.05) is 18.2 Å². The minimum absolute atomic E-state index is 0.335. The molecule has 0 fully saturated rings. The molecule has 0 bridgehead atoms. The molecule has 10 heteroatoms. The van der Waals surface area contributed by atoms with Gasteiger partial charge in [-0.05, 0) is 38.1 Å². The van der Waals surface area contributed by atoms with Gasteiger partial charge in [0.05, 0.1) is 11.9 Å². The molecule has 162 valence electrons. The zero-order chi connectivity index (χ0) is 22.2. The molecule has 0 amide bonds. The number of aromatic nitrogens is 6. The smallest absolute Gasteiger partial charge is 0.250 e. The van der Waals surface area contributed by atoms with Crippen molar-refractivity contribution in [2.45, 2.75) is 13.8 Å². The van der Waals surface area contributed by atoms with Gasteiger partial charge in [-0.25, -0.2) is 10.1 Å². The molecule has 0 saturated heterocycles. The molecule has 0 unspecified atom stereocenters. The van der Waals surface area contributed by atoms with Crippen LogP contribution in [0.1, 0.15) is 19.4 Å². The Morgan fingerprint density at radius 3 is 2.28 bits per heavy atom. The number of anilines is 3. The lowest BCUT2D eigenvalue weighted by Crippen LogP contribution is -2.10. The van der Waals surface area contributed by atoms with Crippen molar-refractivity contribution in [2.75, 3.05) is 29.1 Å². The van der Waals surface area contributed by atoms with E-state index in [4.69, 9.17) is 5.10 Å². The van der Waals surface area contributed by atoms with Crippen molar-refractivity contribution < 1.29 is 0 Å². The molecule has 1 aromatic carbocycles. The fourth-order valence-corrected chi connectivity index (χ4v) is 2.98. The third-order valence-electron chi connectivity index (χ3n) is 4.37. The predicted octanol–water partition coefficient (Wildman–Crippen LogP) is 3.43. The molecule has 0 aliphatic rings. The molecule has 0 atom stereocenters. The van der Waals surface area contributed by atoms with Gasteiger partial charge in [0.15, 0.2) is 0 Å². The van der Waals surface area contributed by atoms with Gasteiger partial charge in [0.25, 0.3) is 0 Å². The summed E-state index contributed by atoms with van der Waals surface area (Å²) in [6, 6.07) is 13.8. The van der Waals surface area contributed by atoms with E-state index in [1.165, 1.54) is 0 Å². The summed E-state index contributed by atoms with van der Waals surface area (Å²) >= 11 is 0. The molecule has 0 aliphatic carbocycles. The second-order valence-corrected chi connectivity index (χ2v) is 6.69. The SMILES string of the molecule is CCNc1nc(NCC)nc(N/N=C/c2cn(-c3ccccc3)nc2-c2cccnc2)n1. The first-order valence-electron chi connectivity index (χ1n) is 10.3. The summed E-state index contributed by atoms with van der Waals surface area (Å²) in [5.74, 6) is 1.29. The lowest BCUT2D eigenvalue weighted by atomic mass is 10.1. The highest BCUT2D eigenvalue weighted by Crippen LogP contribution is 2.22. The van der Waals surface area contributed by atoms with Crippen LogP contribution in [0, 0.1) is 0 Å². The summed E-state index contributed by atoms with van der Waals surface area (Å²) < 4.78 is 1.82. The van der Waals surface area contributed by atoms with Crippen molar-refractivity contribution in [3.05, 3.63) is 66.6 Å². The van der Waals surface area contributed by atoms with Gasteiger partial charge in [0.1, 0.15) is 5.69 Å². The summed E-state index contributed by atoms with van der Waals surface area (Å²) in [7, 11) is 0. The molecule has 0 radical (unpaired) electrons. The van der Waals surface area contributed by atoms with Crippen LogP contribution >= 0.6 is 0 Å². The quantitative estimate of drug-likeness (QED) is 0.274. The van der Waals surface area contributed by atoms with Crippen LogP contribution in [0.15, 0.2) is 66.2 Å². The molecule has 3 N–H and O–H groups in total. The zero-order valence-corrected chi connectivity index (χ0v) is 17.9. The number of hydrogen-bond acceptors (Lipinski definition) is 9. The minimum atomic E-state index is 0.335. The van der Waals surface area contributed by atoms with E-state index < -0.39 is 0 Å². The summed E-state index contributed by atoms with van der Waals surface area (Å²) in [4.78, 5) is 17.2. The second-order valence-electron chi connectivity index (χ2n) is 6.69. The minimum Gasteiger partial charge on any atom is -0.354 e. The van der Waals surface area contributed by atoms with Crippen LogP contribution in [0.3, 0.4) is 0 Å². The van der Waals surface area contributed by atoms with E-state index >= 15 is 0 Å². The number of hydrazone groups is 1. The highest BCUT2D eigenvalue weighted by Gasteiger charge is 2.11. The Bertz CT molecular complexity index is 1150. The molecule has 3 heterocycles. The van der Waals surface area contributed by atoms with Gasteiger partial charge in [0, 0.05) is 42.8 Å². The Morgan fingerprint density at radius 2 is 1.62 bits per heavy atom. The molecule has 0 saturated carbocycles. The van der Waals surface area contributed by atoms with E-state index in [1.54, 1.807) is 18.6 Å². The normalized spacial score (nSPS) is 10.9. The predicted molar refractivity (Wildman–Crippen MR) is 126 cm³/mol. The number of hydrogen-bond donors (Lipinski definition) is 3. The van der Waals surface area contributed by atoms with Crippen molar-refractivity contribution in [3.8, 4) is 16.9 Å². The van der Waals surface area contributed by atoms with Crippen molar-refractivity contribution in [3.63, 3.8) is 0 Å². The van der Waals surface area contributed by atoms with Crippen molar-refractivity contribution >= 4 is 24.1 Å². The first-order chi connectivity index (χ1) is 15.8. The number of nitrogens with zero attached hydrogens (tertiary/aromatic N) is 7. The maximum atomic E-state index is 4.75. The first-order valence-corrected chi connectivity index (χ1v) is 10.3. The van der Waals surface area contributed by atoms with Crippen LogP contribution in [-0.2, 0) is 0 Å². The first kappa shape index (κ1) is 20.9. The molecule has 32 heavy (non-hydrogen) atoms. The van der Waals surface area contributed by atoms with Crippen LogP contribution in [0.5, 0.6) is 0 Å². The maximum absolute atomic E-state index is 4.75. The van der Waals surface area contributed by atoms with Crippen LogP contribution in [0.4, 0.5) is 17.8 Å².